The Kier molecular flexibility index (Phi) is 7.89. The van der Waals surface area contributed by atoms with Crippen molar-refractivity contribution < 1.29 is 27.4 Å². The van der Waals surface area contributed by atoms with E-state index in [4.69, 9.17) is 9.47 Å². The molecule has 2 aromatic carbocycles. The van der Waals surface area contributed by atoms with Crippen LogP contribution < -0.4 is 20.2 Å². The van der Waals surface area contributed by atoms with E-state index in [1.807, 2.05) is 6.92 Å². The van der Waals surface area contributed by atoms with Crippen LogP contribution in [0.15, 0.2) is 46.0 Å². The van der Waals surface area contributed by atoms with Gasteiger partial charge in [-0.05, 0) is 58.7 Å². The first-order chi connectivity index (χ1) is 13.7. The molecule has 29 heavy (non-hydrogen) atoms. The number of amides is 1. The van der Waals surface area contributed by atoms with E-state index in [-0.39, 0.29) is 12.2 Å². The van der Waals surface area contributed by atoms with Gasteiger partial charge in [-0.15, -0.1) is 0 Å². The summed E-state index contributed by atoms with van der Waals surface area (Å²) in [5, 5.41) is 6.47. The summed E-state index contributed by atoms with van der Waals surface area (Å²) in [6.45, 7) is 2.08. The van der Waals surface area contributed by atoms with Gasteiger partial charge in [0.05, 0.1) is 36.5 Å². The minimum Gasteiger partial charge on any atom is -0.493 e. The number of ether oxygens (including phenoxy) is 2. The summed E-state index contributed by atoms with van der Waals surface area (Å²) in [6.07, 6.45) is -3.04. The number of benzene rings is 2. The minimum atomic E-state index is -4.45. The predicted octanol–water partition coefficient (Wildman–Crippen LogP) is 4.44. The molecule has 0 aromatic heterocycles. The number of halogens is 4. The molecular formula is C19H19BrF3N3O3. The van der Waals surface area contributed by atoms with E-state index in [1.54, 1.807) is 12.1 Å². The van der Waals surface area contributed by atoms with Crippen molar-refractivity contribution in [1.82, 2.24) is 5.43 Å². The van der Waals surface area contributed by atoms with Crippen molar-refractivity contribution in [2.75, 3.05) is 25.6 Å². The molecule has 0 heterocycles. The number of rotatable bonds is 8. The van der Waals surface area contributed by atoms with Gasteiger partial charge in [0.2, 0.25) is 0 Å². The Labute approximate surface area is 174 Å². The second-order valence-electron chi connectivity index (χ2n) is 5.69. The molecule has 0 aliphatic heterocycles. The third-order valence-corrected chi connectivity index (χ3v) is 4.18. The zero-order valence-electron chi connectivity index (χ0n) is 15.6. The van der Waals surface area contributed by atoms with Crippen molar-refractivity contribution in [2.45, 2.75) is 13.1 Å². The highest BCUT2D eigenvalue weighted by atomic mass is 79.9. The third-order valence-electron chi connectivity index (χ3n) is 3.59. The minimum absolute atomic E-state index is 0.180. The molecule has 0 spiro atoms. The smallest absolute Gasteiger partial charge is 0.416 e. The van der Waals surface area contributed by atoms with Crippen LogP contribution in [0.2, 0.25) is 0 Å². The van der Waals surface area contributed by atoms with Crippen molar-refractivity contribution in [3.8, 4) is 11.5 Å². The highest BCUT2D eigenvalue weighted by Gasteiger charge is 2.30. The summed E-state index contributed by atoms with van der Waals surface area (Å²) in [5.41, 5.74) is 2.33. The van der Waals surface area contributed by atoms with Gasteiger partial charge in [-0.1, -0.05) is 6.07 Å². The van der Waals surface area contributed by atoms with Crippen molar-refractivity contribution in [3.05, 3.63) is 52.0 Å². The van der Waals surface area contributed by atoms with Crippen LogP contribution in [0.4, 0.5) is 18.9 Å². The Morgan fingerprint density at radius 2 is 2.03 bits per heavy atom. The average Bonchev–Trinajstić information content (AvgIpc) is 2.68. The Hall–Kier alpha value is -2.75. The lowest BCUT2D eigenvalue weighted by Gasteiger charge is -2.12. The van der Waals surface area contributed by atoms with Crippen LogP contribution in [0.5, 0.6) is 11.5 Å². The summed E-state index contributed by atoms with van der Waals surface area (Å²) in [5.74, 6) is 0.539. The number of nitrogens with zero attached hydrogens (tertiary/aromatic N) is 1. The lowest BCUT2D eigenvalue weighted by molar-refractivity contribution is -0.137. The number of anilines is 1. The lowest BCUT2D eigenvalue weighted by atomic mass is 10.2. The second kappa shape index (κ2) is 10.1. The molecule has 0 aliphatic carbocycles. The fourth-order valence-electron chi connectivity index (χ4n) is 2.30. The molecular weight excluding hydrogens is 455 g/mol. The molecule has 2 rings (SSSR count). The topological polar surface area (TPSA) is 72.0 Å². The maximum atomic E-state index is 12.7. The number of hydrazone groups is 1. The average molecular weight is 474 g/mol. The number of hydrogen-bond donors (Lipinski definition) is 2. The van der Waals surface area contributed by atoms with Crippen molar-refractivity contribution in [2.24, 2.45) is 5.10 Å². The van der Waals surface area contributed by atoms with Gasteiger partial charge in [-0.3, -0.25) is 4.79 Å². The standard InChI is InChI=1S/C19H19BrF3N3O3/c1-3-29-18-15(20)7-12(8-16(18)28-2)10-25-26-17(27)11-24-14-6-4-5-13(9-14)19(21,22)23/h4-10,24H,3,11H2,1-2H3,(H,26,27)/b25-10-. The molecule has 10 heteroatoms. The number of hydrogen-bond acceptors (Lipinski definition) is 5. The SMILES string of the molecule is CCOc1c(Br)cc(/C=N\NC(=O)CNc2cccc(C(F)(F)F)c2)cc1OC. The number of nitrogens with one attached hydrogen (secondary N) is 2. The van der Waals surface area contributed by atoms with E-state index < -0.39 is 17.6 Å². The summed E-state index contributed by atoms with van der Waals surface area (Å²) in [7, 11) is 1.51. The number of alkyl halides is 3. The van der Waals surface area contributed by atoms with Crippen LogP contribution in [0.25, 0.3) is 0 Å². The summed E-state index contributed by atoms with van der Waals surface area (Å²) < 4.78 is 49.5. The molecule has 0 fully saturated rings. The van der Waals surface area contributed by atoms with Crippen molar-refractivity contribution >= 4 is 33.7 Å². The summed E-state index contributed by atoms with van der Waals surface area (Å²) in [4.78, 5) is 11.9. The first kappa shape index (κ1) is 22.5. The Morgan fingerprint density at radius 1 is 1.28 bits per heavy atom. The molecule has 2 N–H and O–H groups in total. The fourth-order valence-corrected chi connectivity index (χ4v) is 2.88. The molecule has 0 saturated heterocycles. The highest BCUT2D eigenvalue weighted by Crippen LogP contribution is 2.36. The van der Waals surface area contributed by atoms with E-state index in [0.717, 1.165) is 12.1 Å². The zero-order chi connectivity index (χ0) is 21.4. The van der Waals surface area contributed by atoms with Crippen LogP contribution in [0.3, 0.4) is 0 Å². The maximum Gasteiger partial charge on any atom is 0.416 e. The fraction of sp³-hybridized carbons (Fsp3) is 0.263. The van der Waals surface area contributed by atoms with E-state index in [9.17, 15) is 18.0 Å². The molecule has 0 atom stereocenters. The van der Waals surface area contributed by atoms with Gasteiger partial charge < -0.3 is 14.8 Å². The van der Waals surface area contributed by atoms with Gasteiger partial charge in [-0.2, -0.15) is 18.3 Å². The predicted molar refractivity (Wildman–Crippen MR) is 108 cm³/mol. The molecule has 0 aliphatic rings. The zero-order valence-corrected chi connectivity index (χ0v) is 17.2. The normalized spacial score (nSPS) is 11.4. The number of methoxy groups -OCH3 is 1. The summed E-state index contributed by atoms with van der Waals surface area (Å²) >= 11 is 3.39. The molecule has 0 unspecified atom stereocenters. The number of carbonyl (C=O) groups is 1. The highest BCUT2D eigenvalue weighted by molar-refractivity contribution is 9.10. The quantitative estimate of drug-likeness (QED) is 0.439. The van der Waals surface area contributed by atoms with Gasteiger partial charge in [-0.25, -0.2) is 5.43 Å². The first-order valence-corrected chi connectivity index (χ1v) is 9.27. The monoisotopic (exact) mass is 473 g/mol. The number of carbonyl (C=O) groups excluding carboxylic acids is 1. The summed E-state index contributed by atoms with van der Waals surface area (Å²) in [6, 6.07) is 8.02. The van der Waals surface area contributed by atoms with Crippen LogP contribution >= 0.6 is 15.9 Å². The molecule has 156 valence electrons. The van der Waals surface area contributed by atoms with Crippen molar-refractivity contribution in [1.29, 1.82) is 0 Å². The molecule has 1 amide bonds. The van der Waals surface area contributed by atoms with Gasteiger partial charge in [0, 0.05) is 5.69 Å². The van der Waals surface area contributed by atoms with Crippen LogP contribution in [0.1, 0.15) is 18.1 Å². The first-order valence-electron chi connectivity index (χ1n) is 8.48. The lowest BCUT2D eigenvalue weighted by Crippen LogP contribution is -2.26. The Balaban J connectivity index is 1.94. The van der Waals surface area contributed by atoms with Gasteiger partial charge >= 0.3 is 6.18 Å². The Morgan fingerprint density at radius 3 is 2.69 bits per heavy atom. The van der Waals surface area contributed by atoms with E-state index in [2.05, 4.69) is 31.8 Å². The molecule has 2 aromatic rings. The molecule has 0 radical (unpaired) electrons. The van der Waals surface area contributed by atoms with Crippen LogP contribution in [0, 0.1) is 0 Å². The van der Waals surface area contributed by atoms with E-state index >= 15 is 0 Å². The van der Waals surface area contributed by atoms with Crippen LogP contribution in [-0.4, -0.2) is 32.4 Å². The van der Waals surface area contributed by atoms with E-state index in [1.165, 1.54) is 25.5 Å². The van der Waals surface area contributed by atoms with Gasteiger partial charge in [0.25, 0.3) is 5.91 Å². The van der Waals surface area contributed by atoms with E-state index in [0.29, 0.717) is 28.1 Å². The maximum absolute atomic E-state index is 12.7. The molecule has 0 saturated carbocycles. The largest absolute Gasteiger partial charge is 0.493 e. The third kappa shape index (κ3) is 6.67. The molecule has 0 bridgehead atoms. The molecule has 6 nitrogen and oxygen atoms in total. The van der Waals surface area contributed by atoms with Gasteiger partial charge in [0.15, 0.2) is 11.5 Å². The van der Waals surface area contributed by atoms with Crippen LogP contribution in [-0.2, 0) is 11.0 Å². The second-order valence-corrected chi connectivity index (χ2v) is 6.55. The van der Waals surface area contributed by atoms with Crippen molar-refractivity contribution in [3.63, 3.8) is 0 Å². The Bertz CT molecular complexity index is 889. The van der Waals surface area contributed by atoms with Gasteiger partial charge in [0.1, 0.15) is 0 Å².